The fourth-order valence-corrected chi connectivity index (χ4v) is 9.92. The number of hydrogen-bond acceptors (Lipinski definition) is 3. The molecule has 3 fully saturated rings. The molecule has 272 valence electrons. The smallest absolute Gasteiger partial charge is 0.459 e. The van der Waals surface area contributed by atoms with Crippen LogP contribution in [0, 0.1) is 28.6 Å². The molecule has 4 aliphatic carbocycles. The number of nitrogens with zero attached hydrogens (tertiary/aromatic N) is 1. The quantitative estimate of drug-likeness (QED) is 0.151. The Bertz CT molecular complexity index is 1300. The summed E-state index contributed by atoms with van der Waals surface area (Å²) in [5.74, 6) is -12.1. The molecule has 1 spiro atoms. The van der Waals surface area contributed by atoms with E-state index in [0.717, 1.165) is 89.7 Å². The molecule has 0 aliphatic heterocycles. The van der Waals surface area contributed by atoms with E-state index in [4.69, 9.17) is 0 Å². The van der Waals surface area contributed by atoms with Gasteiger partial charge in [-0.05, 0) is 97.3 Å². The number of hydrogen-bond donors (Lipinski definition) is 2. The molecule has 0 radical (unpaired) electrons. The van der Waals surface area contributed by atoms with E-state index in [0.29, 0.717) is 18.4 Å². The second kappa shape index (κ2) is 13.5. The van der Waals surface area contributed by atoms with Crippen molar-refractivity contribution in [2.75, 3.05) is 13.6 Å². The van der Waals surface area contributed by atoms with Gasteiger partial charge < -0.3 is 15.1 Å². The zero-order valence-electron chi connectivity index (χ0n) is 27.8. The highest BCUT2D eigenvalue weighted by molar-refractivity contribution is 5.75. The van der Waals surface area contributed by atoms with Gasteiger partial charge in [-0.1, -0.05) is 57.9 Å². The average molecular weight is 696 g/mol. The zero-order valence-corrected chi connectivity index (χ0v) is 27.8. The van der Waals surface area contributed by atoms with Crippen molar-refractivity contribution in [1.29, 1.82) is 0 Å². The van der Waals surface area contributed by atoms with Crippen LogP contribution in [-0.2, 0) is 4.79 Å². The van der Waals surface area contributed by atoms with Crippen molar-refractivity contribution in [3.05, 3.63) is 29.3 Å². The lowest BCUT2D eigenvalue weighted by Gasteiger charge is -2.54. The van der Waals surface area contributed by atoms with Crippen molar-refractivity contribution < 1.29 is 50.1 Å². The molecule has 12 heteroatoms. The molecule has 4 nitrogen and oxygen atoms in total. The highest BCUT2D eigenvalue weighted by atomic mass is 19.4. The number of aromatic hydroxyl groups is 1. The Hall–Kier alpha value is -2.11. The zero-order chi connectivity index (χ0) is 35.3. The molecular weight excluding hydrogens is 646 g/mol. The van der Waals surface area contributed by atoms with Gasteiger partial charge in [-0.2, -0.15) is 30.7 Å². The molecule has 5 rings (SSSR count). The molecule has 0 heterocycles. The maximum absolute atomic E-state index is 16.4. The van der Waals surface area contributed by atoms with E-state index in [2.05, 4.69) is 6.92 Å². The van der Waals surface area contributed by atoms with E-state index >= 15 is 4.39 Å². The third kappa shape index (κ3) is 6.57. The fourth-order valence-electron chi connectivity index (χ4n) is 9.92. The topological polar surface area (TPSA) is 60.8 Å². The first-order chi connectivity index (χ1) is 22.4. The normalized spacial score (nSPS) is 30.9. The van der Waals surface area contributed by atoms with Gasteiger partial charge >= 0.3 is 18.0 Å². The minimum atomic E-state index is -6.43. The van der Waals surface area contributed by atoms with Crippen LogP contribution in [0.3, 0.4) is 0 Å². The Kier molecular flexibility index (Phi) is 10.5. The van der Waals surface area contributed by atoms with E-state index in [9.17, 15) is 45.7 Å². The van der Waals surface area contributed by atoms with Gasteiger partial charge in [0.25, 0.3) is 0 Å². The summed E-state index contributed by atoms with van der Waals surface area (Å²) in [4.78, 5) is 12.3. The molecule has 0 aromatic heterocycles. The van der Waals surface area contributed by atoms with Crippen LogP contribution < -0.4 is 0 Å². The lowest BCUT2D eigenvalue weighted by atomic mass is 9.50. The highest BCUT2D eigenvalue weighted by Gasteiger charge is 2.73. The molecule has 1 amide bonds. The minimum absolute atomic E-state index is 0.0134. The Balaban J connectivity index is 1.05. The van der Waals surface area contributed by atoms with Crippen LogP contribution in [0.25, 0.3) is 0 Å². The molecule has 3 unspecified atom stereocenters. The number of phenolic OH excluding ortho intramolecular Hbond substituents is 1. The van der Waals surface area contributed by atoms with Crippen LogP contribution >= 0.6 is 0 Å². The number of aliphatic hydroxyl groups excluding tert-OH is 1. The monoisotopic (exact) mass is 695 g/mol. The molecule has 48 heavy (non-hydrogen) atoms. The first-order valence-corrected chi connectivity index (χ1v) is 17.6. The summed E-state index contributed by atoms with van der Waals surface area (Å²) in [5, 5.41) is 21.3. The van der Waals surface area contributed by atoms with Gasteiger partial charge in [0, 0.05) is 18.9 Å². The molecule has 3 saturated carbocycles. The van der Waals surface area contributed by atoms with Gasteiger partial charge in [0.2, 0.25) is 5.91 Å². The highest BCUT2D eigenvalue weighted by Crippen LogP contribution is 2.77. The summed E-state index contributed by atoms with van der Waals surface area (Å²) < 4.78 is 107. The number of carbonyl (C=O) groups is 1. The van der Waals surface area contributed by atoms with Gasteiger partial charge in [-0.15, -0.1) is 0 Å². The molecule has 1 aromatic carbocycles. The van der Waals surface area contributed by atoms with Crippen LogP contribution in [-0.4, -0.2) is 58.7 Å². The van der Waals surface area contributed by atoms with E-state index < -0.39 is 36.6 Å². The van der Waals surface area contributed by atoms with E-state index in [1.54, 1.807) is 12.1 Å². The second-order valence-electron chi connectivity index (χ2n) is 15.4. The maximum atomic E-state index is 16.4. The number of phenols is 1. The van der Waals surface area contributed by atoms with Crippen LogP contribution in [0.1, 0.15) is 126 Å². The molecule has 4 aliphatic rings. The summed E-state index contributed by atoms with van der Waals surface area (Å²) >= 11 is 0. The SMILES string of the molecule is CN(CC(F)(F)C(F)(F)C(F)(F)F)C(=O)CCCCCCCCCC[C@H]1C2C(CC[C@@]3(C)C2C[C@@H](O)C32CC2)c2ccc(O)cc2[C@@H]1F. The van der Waals surface area contributed by atoms with Gasteiger partial charge in [0.15, 0.2) is 0 Å². The standard InChI is InChI=1S/C36H49F8NO3/c1-32-16-15-24-23-14-13-22(46)19-26(23)31(37)25(30(24)27(32)20-28(47)33(32)17-18-33)11-9-7-5-3-4-6-8-10-12-29(48)45(2)21-34(38,39)35(40,41)36(42,43)44/h13-14,19,24-25,27-28,30-31,46-47H,3-12,15-18,20-21H2,1-2H3/t24?,25-,27?,28+,30?,31+,32-/m0/s1. The van der Waals surface area contributed by atoms with Crippen LogP contribution in [0.4, 0.5) is 35.1 Å². The fraction of sp³-hybridized carbons (Fsp3) is 0.806. The van der Waals surface area contributed by atoms with Crippen LogP contribution in [0.5, 0.6) is 5.75 Å². The van der Waals surface area contributed by atoms with Gasteiger partial charge in [-0.3, -0.25) is 4.79 Å². The van der Waals surface area contributed by atoms with E-state index in [-0.39, 0.29) is 57.7 Å². The minimum Gasteiger partial charge on any atom is -0.508 e. The third-order valence-electron chi connectivity index (χ3n) is 12.8. The first-order valence-electron chi connectivity index (χ1n) is 17.6. The Morgan fingerprint density at radius 2 is 1.52 bits per heavy atom. The lowest BCUT2D eigenvalue weighted by molar-refractivity contribution is -0.355. The number of alkyl halides is 8. The Labute approximate surface area is 277 Å². The van der Waals surface area contributed by atoms with Gasteiger partial charge in [0.05, 0.1) is 12.6 Å². The third-order valence-corrected chi connectivity index (χ3v) is 12.8. The molecular formula is C36H49F8NO3. The summed E-state index contributed by atoms with van der Waals surface area (Å²) in [6.45, 7) is 0.307. The summed E-state index contributed by atoms with van der Waals surface area (Å²) in [5.41, 5.74) is 1.64. The number of carbonyl (C=O) groups excluding carboxylic acids is 1. The molecule has 2 N–H and O–H groups in total. The second-order valence-corrected chi connectivity index (χ2v) is 15.4. The first kappa shape index (κ1) is 37.2. The van der Waals surface area contributed by atoms with Gasteiger partial charge in [-0.25, -0.2) is 4.39 Å². The largest absolute Gasteiger partial charge is 0.508 e. The maximum Gasteiger partial charge on any atom is 0.459 e. The van der Waals surface area contributed by atoms with Crippen molar-refractivity contribution >= 4 is 5.91 Å². The number of unbranched alkanes of at least 4 members (excludes halogenated alkanes) is 7. The summed E-state index contributed by atoms with van der Waals surface area (Å²) in [6.07, 6.45) is 3.53. The van der Waals surface area contributed by atoms with Crippen molar-refractivity contribution in [1.82, 2.24) is 4.90 Å². The molecule has 7 atom stereocenters. The summed E-state index contributed by atoms with van der Waals surface area (Å²) in [6, 6.07) is 5.15. The van der Waals surface area contributed by atoms with E-state index in [1.165, 1.54) is 0 Å². The predicted molar refractivity (Wildman–Crippen MR) is 165 cm³/mol. The summed E-state index contributed by atoms with van der Waals surface area (Å²) in [7, 11) is 0.789. The van der Waals surface area contributed by atoms with Crippen LogP contribution in [0.15, 0.2) is 18.2 Å². The number of amides is 1. The van der Waals surface area contributed by atoms with Crippen molar-refractivity contribution in [2.45, 2.75) is 139 Å². The lowest BCUT2D eigenvalue weighted by Crippen LogP contribution is -2.57. The molecule has 1 aromatic rings. The van der Waals surface area contributed by atoms with Crippen molar-refractivity contribution in [2.24, 2.45) is 28.6 Å². The van der Waals surface area contributed by atoms with Gasteiger partial charge in [0.1, 0.15) is 11.9 Å². The predicted octanol–water partition coefficient (Wildman–Crippen LogP) is 9.89. The van der Waals surface area contributed by atoms with Crippen LogP contribution in [0.2, 0.25) is 0 Å². The Morgan fingerprint density at radius 1 is 0.917 bits per heavy atom. The number of rotatable bonds is 14. The van der Waals surface area contributed by atoms with Crippen molar-refractivity contribution in [3.63, 3.8) is 0 Å². The number of benzene rings is 1. The molecule has 0 saturated heterocycles. The van der Waals surface area contributed by atoms with E-state index in [1.807, 2.05) is 6.07 Å². The average Bonchev–Trinajstić information content (AvgIpc) is 3.79. The van der Waals surface area contributed by atoms with Crippen molar-refractivity contribution in [3.8, 4) is 5.75 Å². The number of aliphatic hydroxyl groups is 1. The number of fused-ring (bicyclic) bond motifs is 6. The molecule has 0 bridgehead atoms. The Morgan fingerprint density at radius 3 is 2.12 bits per heavy atom. The number of halogens is 8.